The van der Waals surface area contributed by atoms with E-state index in [0.29, 0.717) is 23.4 Å². The summed E-state index contributed by atoms with van der Waals surface area (Å²) in [7, 11) is 1.78. The molecule has 0 saturated heterocycles. The minimum atomic E-state index is -0.181. The van der Waals surface area contributed by atoms with Gasteiger partial charge in [-0.3, -0.25) is 9.48 Å². The van der Waals surface area contributed by atoms with Gasteiger partial charge in [0.05, 0.1) is 17.9 Å². The molecule has 0 fully saturated rings. The van der Waals surface area contributed by atoms with E-state index in [1.807, 2.05) is 12.1 Å². The van der Waals surface area contributed by atoms with E-state index in [2.05, 4.69) is 22.3 Å². The monoisotopic (exact) mass is 283 g/mol. The predicted molar refractivity (Wildman–Crippen MR) is 80.9 cm³/mol. The molecule has 1 heterocycles. The van der Waals surface area contributed by atoms with Crippen molar-refractivity contribution in [2.24, 2.45) is 7.05 Å². The molecule has 108 valence electrons. The van der Waals surface area contributed by atoms with Crippen molar-refractivity contribution >= 4 is 11.6 Å². The van der Waals surface area contributed by atoms with Crippen molar-refractivity contribution in [3.63, 3.8) is 0 Å². The summed E-state index contributed by atoms with van der Waals surface area (Å²) in [6, 6.07) is 7.26. The Labute approximate surface area is 123 Å². The van der Waals surface area contributed by atoms with Crippen LogP contribution in [0.25, 0.3) is 0 Å². The van der Waals surface area contributed by atoms with Gasteiger partial charge in [0, 0.05) is 30.9 Å². The molecule has 1 amide bonds. The molecule has 1 aromatic heterocycles. The molecule has 21 heavy (non-hydrogen) atoms. The summed E-state index contributed by atoms with van der Waals surface area (Å²) < 4.78 is 1.62. The van der Waals surface area contributed by atoms with Gasteiger partial charge in [-0.2, -0.15) is 5.10 Å². The fourth-order valence-electron chi connectivity index (χ4n) is 1.88. The molecule has 0 aliphatic rings. The zero-order valence-corrected chi connectivity index (χ0v) is 12.1. The Morgan fingerprint density at radius 2 is 2.10 bits per heavy atom. The largest absolute Gasteiger partial charge is 0.395 e. The van der Waals surface area contributed by atoms with E-state index < -0.39 is 0 Å². The molecule has 0 unspecified atom stereocenters. The molecule has 0 saturated carbocycles. The molecular weight excluding hydrogens is 266 g/mol. The number of rotatable bonds is 3. The normalized spacial score (nSPS) is 9.86. The molecule has 5 nitrogen and oxygen atoms in total. The van der Waals surface area contributed by atoms with Crippen molar-refractivity contribution in [3.05, 3.63) is 47.3 Å². The molecule has 0 radical (unpaired) electrons. The van der Waals surface area contributed by atoms with Gasteiger partial charge in [0.1, 0.15) is 0 Å². The number of anilines is 1. The van der Waals surface area contributed by atoms with Crippen LogP contribution in [0.5, 0.6) is 0 Å². The van der Waals surface area contributed by atoms with Gasteiger partial charge in [-0.15, -0.1) is 0 Å². The lowest BCUT2D eigenvalue weighted by Gasteiger charge is -2.04. The van der Waals surface area contributed by atoms with Crippen LogP contribution in [0.4, 0.5) is 5.69 Å². The van der Waals surface area contributed by atoms with Crippen molar-refractivity contribution in [3.8, 4) is 11.8 Å². The highest BCUT2D eigenvalue weighted by Gasteiger charge is 2.12. The number of benzene rings is 1. The Morgan fingerprint density at radius 1 is 1.38 bits per heavy atom. The fourth-order valence-corrected chi connectivity index (χ4v) is 1.88. The lowest BCUT2D eigenvalue weighted by atomic mass is 10.2. The number of hydrogen-bond acceptors (Lipinski definition) is 3. The molecule has 2 N–H and O–H groups in total. The van der Waals surface area contributed by atoms with E-state index in [4.69, 9.17) is 5.11 Å². The number of hydrogen-bond donors (Lipinski definition) is 2. The summed E-state index contributed by atoms with van der Waals surface area (Å²) in [5.74, 6) is 5.60. The summed E-state index contributed by atoms with van der Waals surface area (Å²) >= 11 is 0. The van der Waals surface area contributed by atoms with Crippen LogP contribution in [0.15, 0.2) is 30.5 Å². The number of carbonyl (C=O) groups is 1. The summed E-state index contributed by atoms with van der Waals surface area (Å²) in [5.41, 5.74) is 2.81. The van der Waals surface area contributed by atoms with E-state index in [0.717, 1.165) is 5.56 Å². The quantitative estimate of drug-likeness (QED) is 0.843. The number of aryl methyl sites for hydroxylation is 2. The molecular formula is C16H17N3O2. The van der Waals surface area contributed by atoms with Gasteiger partial charge >= 0.3 is 0 Å². The lowest BCUT2D eigenvalue weighted by molar-refractivity contribution is 0.102. The van der Waals surface area contributed by atoms with Crippen LogP contribution in [0.1, 0.15) is 28.0 Å². The Kier molecular flexibility index (Phi) is 4.75. The topological polar surface area (TPSA) is 67.2 Å². The summed E-state index contributed by atoms with van der Waals surface area (Å²) in [6.45, 7) is 1.86. The molecule has 0 spiro atoms. The average molecular weight is 283 g/mol. The fraction of sp³-hybridized carbons (Fsp3) is 0.250. The van der Waals surface area contributed by atoms with E-state index in [9.17, 15) is 4.79 Å². The van der Waals surface area contributed by atoms with Crippen LogP contribution in [0, 0.1) is 18.8 Å². The molecule has 0 aliphatic carbocycles. The Balaban J connectivity index is 2.05. The number of amides is 1. The Morgan fingerprint density at radius 3 is 2.67 bits per heavy atom. The molecule has 1 aromatic carbocycles. The van der Waals surface area contributed by atoms with Gasteiger partial charge in [0.2, 0.25) is 0 Å². The first kappa shape index (κ1) is 14.8. The lowest BCUT2D eigenvalue weighted by Crippen LogP contribution is -2.12. The first-order valence-corrected chi connectivity index (χ1v) is 6.61. The zero-order chi connectivity index (χ0) is 15.2. The Hall–Kier alpha value is -2.58. The van der Waals surface area contributed by atoms with Crippen molar-refractivity contribution in [1.29, 1.82) is 0 Å². The van der Waals surface area contributed by atoms with Gasteiger partial charge < -0.3 is 10.4 Å². The third kappa shape index (κ3) is 3.94. The molecule has 0 bridgehead atoms. The number of nitrogens with zero attached hydrogens (tertiary/aromatic N) is 2. The maximum atomic E-state index is 12.1. The third-order valence-corrected chi connectivity index (χ3v) is 2.87. The van der Waals surface area contributed by atoms with Crippen molar-refractivity contribution in [1.82, 2.24) is 9.78 Å². The number of aliphatic hydroxyl groups is 1. The second-order valence-electron chi connectivity index (χ2n) is 4.61. The minimum Gasteiger partial charge on any atom is -0.395 e. The van der Waals surface area contributed by atoms with Crippen LogP contribution >= 0.6 is 0 Å². The van der Waals surface area contributed by atoms with Crippen LogP contribution in [0.3, 0.4) is 0 Å². The number of aromatic nitrogens is 2. The summed E-state index contributed by atoms with van der Waals surface area (Å²) in [5, 5.41) is 15.6. The number of nitrogens with one attached hydrogen (secondary N) is 1. The van der Waals surface area contributed by atoms with Crippen molar-refractivity contribution in [2.75, 3.05) is 11.9 Å². The molecule has 2 rings (SSSR count). The molecule has 0 aliphatic heterocycles. The number of aliphatic hydroxyl groups excluding tert-OH is 1. The van der Waals surface area contributed by atoms with Crippen molar-refractivity contribution < 1.29 is 9.90 Å². The maximum Gasteiger partial charge on any atom is 0.259 e. The van der Waals surface area contributed by atoms with Crippen LogP contribution < -0.4 is 5.32 Å². The highest BCUT2D eigenvalue weighted by atomic mass is 16.2. The molecule has 5 heteroatoms. The van der Waals surface area contributed by atoms with Crippen LogP contribution in [-0.2, 0) is 7.05 Å². The standard InChI is InChI=1S/C16H17N3O2/c1-12-15(11-19(2)18-12)16(21)17-14-8-6-13(7-9-14)5-3-4-10-20/h6-9,11,20H,4,10H2,1-2H3,(H,17,21). The van der Waals surface area contributed by atoms with E-state index in [-0.39, 0.29) is 12.5 Å². The second-order valence-corrected chi connectivity index (χ2v) is 4.61. The first-order chi connectivity index (χ1) is 10.1. The average Bonchev–Trinajstić information content (AvgIpc) is 2.80. The zero-order valence-electron chi connectivity index (χ0n) is 12.1. The summed E-state index contributed by atoms with van der Waals surface area (Å²) in [4.78, 5) is 12.1. The molecule has 2 aromatic rings. The van der Waals surface area contributed by atoms with Crippen LogP contribution in [-0.4, -0.2) is 27.4 Å². The molecule has 0 atom stereocenters. The van der Waals surface area contributed by atoms with Crippen molar-refractivity contribution in [2.45, 2.75) is 13.3 Å². The van der Waals surface area contributed by atoms with E-state index in [1.54, 1.807) is 37.0 Å². The predicted octanol–water partition coefficient (Wildman–Crippen LogP) is 1.71. The summed E-state index contributed by atoms with van der Waals surface area (Å²) in [6.07, 6.45) is 2.15. The van der Waals surface area contributed by atoms with Gasteiger partial charge in [0.15, 0.2) is 0 Å². The second kappa shape index (κ2) is 6.73. The van der Waals surface area contributed by atoms with Gasteiger partial charge in [-0.05, 0) is 31.2 Å². The van der Waals surface area contributed by atoms with Gasteiger partial charge in [0.25, 0.3) is 5.91 Å². The van der Waals surface area contributed by atoms with Gasteiger partial charge in [-0.1, -0.05) is 11.8 Å². The minimum absolute atomic E-state index is 0.0611. The Bertz CT molecular complexity index is 691. The SMILES string of the molecule is Cc1nn(C)cc1C(=O)Nc1ccc(C#CCCO)cc1. The highest BCUT2D eigenvalue weighted by Crippen LogP contribution is 2.12. The van der Waals surface area contributed by atoms with E-state index in [1.165, 1.54) is 0 Å². The highest BCUT2D eigenvalue weighted by molar-refractivity contribution is 6.04. The third-order valence-electron chi connectivity index (χ3n) is 2.87. The van der Waals surface area contributed by atoms with Gasteiger partial charge in [-0.25, -0.2) is 0 Å². The first-order valence-electron chi connectivity index (χ1n) is 6.61. The number of carbonyl (C=O) groups excluding carboxylic acids is 1. The smallest absolute Gasteiger partial charge is 0.259 e. The maximum absolute atomic E-state index is 12.1. The van der Waals surface area contributed by atoms with E-state index >= 15 is 0 Å². The van der Waals surface area contributed by atoms with Crippen LogP contribution in [0.2, 0.25) is 0 Å².